The Labute approximate surface area is 129 Å². The number of rotatable bonds is 6. The number of hydrogen-bond acceptors (Lipinski definition) is 3. The van der Waals surface area contributed by atoms with Gasteiger partial charge in [-0.25, -0.2) is 0 Å². The largest absolute Gasteiger partial charge is 0.480 e. The first-order valence-electron chi connectivity index (χ1n) is 7.46. The highest BCUT2D eigenvalue weighted by Crippen LogP contribution is 2.16. The molecule has 5 nitrogen and oxygen atoms in total. The van der Waals surface area contributed by atoms with E-state index >= 15 is 0 Å². The number of carbonyl (C=O) groups is 1. The standard InChI is InChI=1S/C17H22N2O3/c1-10-5-4-6-14-16(10)19-12(3)13(17(14)22)8-7-11(2)18-9-15(20)21/h4-6,11,18H,7-9H2,1-3H3,(H,19,22)(H,20,21)/t11-/m1/s1. The van der Waals surface area contributed by atoms with Gasteiger partial charge in [0.1, 0.15) is 0 Å². The van der Waals surface area contributed by atoms with Crippen molar-refractivity contribution < 1.29 is 9.90 Å². The molecule has 0 bridgehead atoms. The molecule has 0 aliphatic heterocycles. The Balaban J connectivity index is 2.22. The molecule has 0 spiro atoms. The average molecular weight is 302 g/mol. The van der Waals surface area contributed by atoms with Crippen LogP contribution in [0.15, 0.2) is 23.0 Å². The molecule has 2 rings (SSSR count). The highest BCUT2D eigenvalue weighted by atomic mass is 16.4. The zero-order valence-corrected chi connectivity index (χ0v) is 13.2. The van der Waals surface area contributed by atoms with Crippen LogP contribution in [0, 0.1) is 13.8 Å². The van der Waals surface area contributed by atoms with Gasteiger partial charge in [-0.05, 0) is 45.2 Å². The smallest absolute Gasteiger partial charge is 0.317 e. The number of aryl methyl sites for hydroxylation is 2. The normalized spacial score (nSPS) is 12.5. The van der Waals surface area contributed by atoms with E-state index in [0.29, 0.717) is 18.2 Å². The summed E-state index contributed by atoms with van der Waals surface area (Å²) in [5, 5.41) is 12.3. The fourth-order valence-corrected chi connectivity index (χ4v) is 2.64. The highest BCUT2D eigenvalue weighted by molar-refractivity contribution is 5.82. The highest BCUT2D eigenvalue weighted by Gasteiger charge is 2.12. The van der Waals surface area contributed by atoms with Crippen molar-refractivity contribution in [1.82, 2.24) is 10.3 Å². The first-order chi connectivity index (χ1) is 10.4. The molecule has 0 unspecified atom stereocenters. The minimum atomic E-state index is -0.873. The number of carboxylic acid groups (broad SMARTS) is 1. The van der Waals surface area contributed by atoms with Gasteiger partial charge in [0.05, 0.1) is 12.1 Å². The SMILES string of the molecule is Cc1[nH]c2c(C)cccc2c(=O)c1CC[C@@H](C)NCC(=O)O. The molecule has 0 aliphatic carbocycles. The zero-order valence-electron chi connectivity index (χ0n) is 13.2. The summed E-state index contributed by atoms with van der Waals surface area (Å²) in [5.74, 6) is -0.873. The number of nitrogens with one attached hydrogen (secondary N) is 2. The molecule has 0 saturated heterocycles. The summed E-state index contributed by atoms with van der Waals surface area (Å²) in [6, 6.07) is 5.76. The Bertz CT molecular complexity index is 749. The summed E-state index contributed by atoms with van der Waals surface area (Å²) in [6.45, 7) is 5.76. The molecule has 0 radical (unpaired) electrons. The van der Waals surface area contributed by atoms with Crippen molar-refractivity contribution >= 4 is 16.9 Å². The summed E-state index contributed by atoms with van der Waals surface area (Å²) in [5.41, 5.74) is 3.69. The van der Waals surface area contributed by atoms with E-state index in [0.717, 1.165) is 22.3 Å². The molecule has 5 heteroatoms. The third-order valence-corrected chi connectivity index (χ3v) is 3.99. The van der Waals surface area contributed by atoms with Crippen LogP contribution in [0.3, 0.4) is 0 Å². The van der Waals surface area contributed by atoms with E-state index in [1.807, 2.05) is 39.0 Å². The predicted octanol–water partition coefficient (Wildman–Crippen LogP) is 2.14. The van der Waals surface area contributed by atoms with E-state index in [1.165, 1.54) is 0 Å². The van der Waals surface area contributed by atoms with E-state index in [-0.39, 0.29) is 18.0 Å². The van der Waals surface area contributed by atoms with Crippen LogP contribution in [0.4, 0.5) is 0 Å². The second-order valence-electron chi connectivity index (χ2n) is 5.77. The van der Waals surface area contributed by atoms with Crippen LogP contribution in [0.2, 0.25) is 0 Å². The topological polar surface area (TPSA) is 82.2 Å². The van der Waals surface area contributed by atoms with E-state index < -0.39 is 5.97 Å². The third-order valence-electron chi connectivity index (χ3n) is 3.99. The van der Waals surface area contributed by atoms with Gasteiger partial charge in [0.25, 0.3) is 0 Å². The quantitative estimate of drug-likeness (QED) is 0.763. The van der Waals surface area contributed by atoms with Crippen LogP contribution in [-0.4, -0.2) is 28.6 Å². The molecule has 1 atom stereocenters. The Morgan fingerprint density at radius 2 is 2.09 bits per heavy atom. The van der Waals surface area contributed by atoms with Gasteiger partial charge >= 0.3 is 5.97 Å². The molecule has 2 aromatic rings. The predicted molar refractivity (Wildman–Crippen MR) is 87.5 cm³/mol. The van der Waals surface area contributed by atoms with Crippen LogP contribution in [-0.2, 0) is 11.2 Å². The molecule has 3 N–H and O–H groups in total. The lowest BCUT2D eigenvalue weighted by Crippen LogP contribution is -2.32. The molecular weight excluding hydrogens is 280 g/mol. The molecule has 1 aromatic heterocycles. The van der Waals surface area contributed by atoms with Crippen LogP contribution in [0.5, 0.6) is 0 Å². The average Bonchev–Trinajstić information content (AvgIpc) is 2.46. The van der Waals surface area contributed by atoms with Gasteiger partial charge in [0.15, 0.2) is 5.43 Å². The Kier molecular flexibility index (Phi) is 4.98. The van der Waals surface area contributed by atoms with Crippen molar-refractivity contribution in [3.05, 3.63) is 45.2 Å². The first kappa shape index (κ1) is 16.2. The lowest BCUT2D eigenvalue weighted by molar-refractivity contribution is -0.136. The summed E-state index contributed by atoms with van der Waals surface area (Å²) < 4.78 is 0. The van der Waals surface area contributed by atoms with Crippen molar-refractivity contribution in [2.75, 3.05) is 6.54 Å². The first-order valence-corrected chi connectivity index (χ1v) is 7.46. The maximum Gasteiger partial charge on any atom is 0.317 e. The van der Waals surface area contributed by atoms with Crippen molar-refractivity contribution in [2.45, 2.75) is 39.7 Å². The monoisotopic (exact) mass is 302 g/mol. The molecule has 118 valence electrons. The van der Waals surface area contributed by atoms with Gasteiger partial charge in [0.2, 0.25) is 0 Å². The number of para-hydroxylation sites is 1. The minimum absolute atomic E-state index is 0.0445. The molecule has 22 heavy (non-hydrogen) atoms. The molecule has 1 heterocycles. The van der Waals surface area contributed by atoms with Crippen LogP contribution < -0.4 is 10.7 Å². The number of hydrogen-bond donors (Lipinski definition) is 3. The number of fused-ring (bicyclic) bond motifs is 1. The van der Waals surface area contributed by atoms with Gasteiger partial charge in [-0.3, -0.25) is 9.59 Å². The van der Waals surface area contributed by atoms with Gasteiger partial charge in [-0.2, -0.15) is 0 Å². The zero-order chi connectivity index (χ0) is 16.3. The molecular formula is C17H22N2O3. The van der Waals surface area contributed by atoms with Gasteiger partial charge < -0.3 is 15.4 Å². The minimum Gasteiger partial charge on any atom is -0.480 e. The third kappa shape index (κ3) is 3.54. The molecule has 0 aliphatic rings. The van der Waals surface area contributed by atoms with E-state index in [4.69, 9.17) is 5.11 Å². The lowest BCUT2D eigenvalue weighted by atomic mass is 10.0. The fraction of sp³-hybridized carbons (Fsp3) is 0.412. The van der Waals surface area contributed by atoms with Gasteiger partial charge in [-0.1, -0.05) is 12.1 Å². The number of benzene rings is 1. The number of pyridine rings is 1. The van der Waals surface area contributed by atoms with E-state index in [9.17, 15) is 9.59 Å². The Morgan fingerprint density at radius 1 is 1.36 bits per heavy atom. The summed E-state index contributed by atoms with van der Waals surface area (Å²) in [7, 11) is 0. The van der Waals surface area contributed by atoms with E-state index in [2.05, 4.69) is 10.3 Å². The maximum absolute atomic E-state index is 12.6. The Hall–Kier alpha value is -2.14. The van der Waals surface area contributed by atoms with Crippen molar-refractivity contribution in [1.29, 1.82) is 0 Å². The van der Waals surface area contributed by atoms with Gasteiger partial charge in [0, 0.05) is 22.7 Å². The molecule has 0 saturated carbocycles. The second kappa shape index (κ2) is 6.75. The van der Waals surface area contributed by atoms with Crippen molar-refractivity contribution in [2.24, 2.45) is 0 Å². The molecule has 0 amide bonds. The summed E-state index contributed by atoms with van der Waals surface area (Å²) in [4.78, 5) is 26.5. The van der Waals surface area contributed by atoms with Crippen LogP contribution >= 0.6 is 0 Å². The fourth-order valence-electron chi connectivity index (χ4n) is 2.64. The van der Waals surface area contributed by atoms with Crippen molar-refractivity contribution in [3.8, 4) is 0 Å². The summed E-state index contributed by atoms with van der Waals surface area (Å²) >= 11 is 0. The second-order valence-corrected chi connectivity index (χ2v) is 5.77. The van der Waals surface area contributed by atoms with Crippen molar-refractivity contribution in [3.63, 3.8) is 0 Å². The summed E-state index contributed by atoms with van der Waals surface area (Å²) in [6.07, 6.45) is 1.34. The number of carboxylic acids is 1. The molecule has 1 aromatic carbocycles. The number of H-pyrrole nitrogens is 1. The number of aromatic nitrogens is 1. The number of aromatic amines is 1. The Morgan fingerprint density at radius 3 is 2.77 bits per heavy atom. The molecule has 0 fully saturated rings. The van der Waals surface area contributed by atoms with Crippen LogP contribution in [0.25, 0.3) is 10.9 Å². The van der Waals surface area contributed by atoms with Gasteiger partial charge in [-0.15, -0.1) is 0 Å². The van der Waals surface area contributed by atoms with Crippen LogP contribution in [0.1, 0.15) is 30.2 Å². The number of aliphatic carboxylic acids is 1. The van der Waals surface area contributed by atoms with E-state index in [1.54, 1.807) is 0 Å². The lowest BCUT2D eigenvalue weighted by Gasteiger charge is -2.14. The maximum atomic E-state index is 12.6.